The molecule has 0 radical (unpaired) electrons. The summed E-state index contributed by atoms with van der Waals surface area (Å²) in [6.45, 7) is 7.33. The third-order valence-electron chi connectivity index (χ3n) is 4.33. The van der Waals surface area contributed by atoms with Gasteiger partial charge in [-0.25, -0.2) is 8.78 Å². The normalized spacial score (nSPS) is 16.3. The molecule has 1 aliphatic rings. The van der Waals surface area contributed by atoms with Gasteiger partial charge in [0.15, 0.2) is 0 Å². The number of piperazine rings is 1. The van der Waals surface area contributed by atoms with E-state index in [1.807, 2.05) is 0 Å². The van der Waals surface area contributed by atoms with Gasteiger partial charge in [-0.15, -0.1) is 24.8 Å². The Balaban J connectivity index is 0.00000242. The molecule has 2 nitrogen and oxygen atoms in total. The molecule has 1 N–H and O–H groups in total. The summed E-state index contributed by atoms with van der Waals surface area (Å²) in [5, 5.41) is 3.30. The van der Waals surface area contributed by atoms with E-state index in [9.17, 15) is 8.78 Å². The van der Waals surface area contributed by atoms with Gasteiger partial charge in [0.25, 0.3) is 0 Å². The first kappa shape index (κ1) is 22.6. The van der Waals surface area contributed by atoms with Crippen molar-refractivity contribution in [3.8, 4) is 0 Å². The maximum Gasteiger partial charge on any atom is 0.133 e. The lowest BCUT2D eigenvalue weighted by atomic mass is 9.95. The number of hydrogen-bond donors (Lipinski definition) is 1. The molecule has 0 amide bonds. The molecule has 1 aromatic carbocycles. The Kier molecular flexibility index (Phi) is 11.0. The van der Waals surface area contributed by atoms with E-state index in [4.69, 9.17) is 0 Å². The molecule has 1 saturated heterocycles. The summed E-state index contributed by atoms with van der Waals surface area (Å²) in [6, 6.07) is 2.79. The fourth-order valence-electron chi connectivity index (χ4n) is 3.07. The van der Waals surface area contributed by atoms with Crippen molar-refractivity contribution in [1.29, 1.82) is 0 Å². The van der Waals surface area contributed by atoms with Crippen molar-refractivity contribution >= 4 is 24.8 Å². The third-order valence-corrected chi connectivity index (χ3v) is 4.33. The number of aryl methyl sites for hydroxylation is 1. The van der Waals surface area contributed by atoms with Crippen LogP contribution in [0.1, 0.15) is 49.8 Å². The van der Waals surface area contributed by atoms with Crippen molar-refractivity contribution in [2.24, 2.45) is 0 Å². The first-order valence-corrected chi connectivity index (χ1v) is 8.04. The van der Waals surface area contributed by atoms with Crippen LogP contribution in [0, 0.1) is 18.6 Å². The van der Waals surface area contributed by atoms with E-state index in [0.717, 1.165) is 51.9 Å². The molecule has 0 aromatic heterocycles. The molecule has 0 unspecified atom stereocenters. The largest absolute Gasteiger partial charge is 0.314 e. The fraction of sp³-hybridized carbons (Fsp3) is 0.647. The molecule has 1 atom stereocenters. The fourth-order valence-corrected chi connectivity index (χ4v) is 3.07. The van der Waals surface area contributed by atoms with Gasteiger partial charge in [-0.3, -0.25) is 4.90 Å². The zero-order valence-corrected chi connectivity index (χ0v) is 15.5. The van der Waals surface area contributed by atoms with Gasteiger partial charge in [0, 0.05) is 37.8 Å². The highest BCUT2D eigenvalue weighted by Crippen LogP contribution is 2.32. The van der Waals surface area contributed by atoms with Gasteiger partial charge >= 0.3 is 0 Å². The van der Waals surface area contributed by atoms with Gasteiger partial charge in [-0.05, 0) is 25.0 Å². The minimum Gasteiger partial charge on any atom is -0.314 e. The number of hydrogen-bond acceptors (Lipinski definition) is 2. The molecule has 1 aromatic rings. The molecular weight excluding hydrogens is 341 g/mol. The average molecular weight is 369 g/mol. The topological polar surface area (TPSA) is 15.3 Å². The van der Waals surface area contributed by atoms with E-state index in [2.05, 4.69) is 17.1 Å². The first-order valence-electron chi connectivity index (χ1n) is 8.04. The second kappa shape index (κ2) is 11.2. The maximum absolute atomic E-state index is 14.5. The summed E-state index contributed by atoms with van der Waals surface area (Å²) in [6.07, 6.45) is 4.06. The molecule has 1 fully saturated rings. The summed E-state index contributed by atoms with van der Waals surface area (Å²) in [5.41, 5.74) is 0.801. The maximum atomic E-state index is 14.5. The standard InChI is InChI=1S/C17H26F2N2.2ClH/c1-3-4-5-6-15(21-11-9-20-10-12-21)16-14(18)8-7-13(2)17(16)19;;/h7-8,15,20H,3-6,9-12H2,1-2H3;2*1H/t15-;;/m1../s1. The van der Waals surface area contributed by atoms with Crippen molar-refractivity contribution in [2.45, 2.75) is 45.6 Å². The molecule has 6 heteroatoms. The average Bonchev–Trinajstić information content (AvgIpc) is 2.51. The second-order valence-corrected chi connectivity index (χ2v) is 5.89. The lowest BCUT2D eigenvalue weighted by Crippen LogP contribution is -2.45. The Morgan fingerprint density at radius 2 is 1.78 bits per heavy atom. The van der Waals surface area contributed by atoms with Gasteiger partial charge in [0.2, 0.25) is 0 Å². The Hall–Kier alpha value is -0.420. The minimum absolute atomic E-state index is 0. The minimum atomic E-state index is -0.405. The third kappa shape index (κ3) is 5.86. The molecule has 2 rings (SSSR count). The summed E-state index contributed by atoms with van der Waals surface area (Å²) in [7, 11) is 0. The van der Waals surface area contributed by atoms with E-state index in [1.165, 1.54) is 12.1 Å². The van der Waals surface area contributed by atoms with Crippen LogP contribution in [0.5, 0.6) is 0 Å². The lowest BCUT2D eigenvalue weighted by Gasteiger charge is -2.35. The van der Waals surface area contributed by atoms with Crippen LogP contribution >= 0.6 is 24.8 Å². The Bertz CT molecular complexity index is 466. The van der Waals surface area contributed by atoms with E-state index < -0.39 is 5.82 Å². The van der Waals surface area contributed by atoms with Crippen LogP contribution in [0.3, 0.4) is 0 Å². The lowest BCUT2D eigenvalue weighted by molar-refractivity contribution is 0.156. The predicted molar refractivity (Wildman–Crippen MR) is 96.9 cm³/mol. The van der Waals surface area contributed by atoms with Crippen molar-refractivity contribution in [3.05, 3.63) is 34.9 Å². The monoisotopic (exact) mass is 368 g/mol. The SMILES string of the molecule is CCCCC[C@H](c1c(F)ccc(C)c1F)N1CCNCC1.Cl.Cl. The number of nitrogens with zero attached hydrogens (tertiary/aromatic N) is 1. The number of halogens is 4. The number of nitrogens with one attached hydrogen (secondary N) is 1. The van der Waals surface area contributed by atoms with Crippen LogP contribution in [0.15, 0.2) is 12.1 Å². The van der Waals surface area contributed by atoms with E-state index in [-0.39, 0.29) is 42.2 Å². The molecule has 0 aliphatic carbocycles. The summed E-state index contributed by atoms with van der Waals surface area (Å²) < 4.78 is 28.8. The van der Waals surface area contributed by atoms with Crippen LogP contribution in [0.25, 0.3) is 0 Å². The molecule has 134 valence electrons. The summed E-state index contributed by atoms with van der Waals surface area (Å²) in [5.74, 6) is -0.770. The molecule has 1 heterocycles. The van der Waals surface area contributed by atoms with Gasteiger partial charge in [-0.2, -0.15) is 0 Å². The van der Waals surface area contributed by atoms with Crippen molar-refractivity contribution in [3.63, 3.8) is 0 Å². The summed E-state index contributed by atoms with van der Waals surface area (Å²) >= 11 is 0. The van der Waals surface area contributed by atoms with E-state index in [0.29, 0.717) is 5.56 Å². The molecule has 0 saturated carbocycles. The molecule has 1 aliphatic heterocycles. The van der Waals surface area contributed by atoms with Crippen molar-refractivity contribution in [1.82, 2.24) is 10.2 Å². The molecule has 23 heavy (non-hydrogen) atoms. The Labute approximate surface area is 150 Å². The van der Waals surface area contributed by atoms with Crippen LogP contribution in [0.2, 0.25) is 0 Å². The van der Waals surface area contributed by atoms with Gasteiger partial charge in [0.1, 0.15) is 11.6 Å². The second-order valence-electron chi connectivity index (χ2n) is 5.89. The van der Waals surface area contributed by atoms with Crippen molar-refractivity contribution < 1.29 is 8.78 Å². The van der Waals surface area contributed by atoms with E-state index >= 15 is 0 Å². The zero-order valence-electron chi connectivity index (χ0n) is 13.9. The van der Waals surface area contributed by atoms with Crippen LogP contribution in [-0.2, 0) is 0 Å². The van der Waals surface area contributed by atoms with Crippen LogP contribution < -0.4 is 5.32 Å². The molecular formula is C17H28Cl2F2N2. The highest BCUT2D eigenvalue weighted by molar-refractivity contribution is 5.85. The van der Waals surface area contributed by atoms with Gasteiger partial charge in [-0.1, -0.05) is 32.3 Å². The Morgan fingerprint density at radius 3 is 2.39 bits per heavy atom. The number of benzene rings is 1. The molecule has 0 spiro atoms. The number of unbranched alkanes of at least 4 members (excludes halogenated alkanes) is 2. The van der Waals surface area contributed by atoms with Gasteiger partial charge in [0.05, 0.1) is 0 Å². The highest BCUT2D eigenvalue weighted by atomic mass is 35.5. The highest BCUT2D eigenvalue weighted by Gasteiger charge is 2.27. The van der Waals surface area contributed by atoms with Crippen LogP contribution in [-0.4, -0.2) is 31.1 Å². The predicted octanol–water partition coefficient (Wildman–Crippen LogP) is 4.64. The zero-order chi connectivity index (χ0) is 15.2. The quantitative estimate of drug-likeness (QED) is 0.735. The van der Waals surface area contributed by atoms with Crippen molar-refractivity contribution in [2.75, 3.05) is 26.2 Å². The Morgan fingerprint density at radius 1 is 1.13 bits per heavy atom. The number of rotatable bonds is 6. The van der Waals surface area contributed by atoms with Gasteiger partial charge < -0.3 is 5.32 Å². The summed E-state index contributed by atoms with van der Waals surface area (Å²) in [4.78, 5) is 2.23. The van der Waals surface area contributed by atoms with Crippen LogP contribution in [0.4, 0.5) is 8.78 Å². The smallest absolute Gasteiger partial charge is 0.133 e. The molecule has 0 bridgehead atoms. The van der Waals surface area contributed by atoms with E-state index in [1.54, 1.807) is 6.92 Å². The first-order chi connectivity index (χ1) is 10.1.